The van der Waals surface area contributed by atoms with Crippen LogP contribution in [-0.4, -0.2) is 34.9 Å². The Hall–Kier alpha value is -1.42. The van der Waals surface area contributed by atoms with Gasteiger partial charge in [0.1, 0.15) is 0 Å². The highest BCUT2D eigenvalue weighted by molar-refractivity contribution is 5.73. The van der Waals surface area contributed by atoms with Gasteiger partial charge in [-0.2, -0.15) is 0 Å². The van der Waals surface area contributed by atoms with Gasteiger partial charge in [-0.25, -0.2) is 0 Å². The van der Waals surface area contributed by atoms with E-state index in [1.807, 2.05) is 17.3 Å². The molecule has 1 aromatic rings. The van der Waals surface area contributed by atoms with Gasteiger partial charge in [-0.3, -0.25) is 9.78 Å². The van der Waals surface area contributed by atoms with Crippen LogP contribution in [0.3, 0.4) is 0 Å². The highest BCUT2D eigenvalue weighted by Gasteiger charge is 2.29. The largest absolute Gasteiger partial charge is 0.343 e. The van der Waals surface area contributed by atoms with Crippen molar-refractivity contribution in [1.82, 2.24) is 15.2 Å². The summed E-state index contributed by atoms with van der Waals surface area (Å²) in [7, 11) is 0. The maximum Gasteiger partial charge on any atom is 0.219 e. The van der Waals surface area contributed by atoms with Crippen molar-refractivity contribution in [2.24, 2.45) is 5.92 Å². The highest BCUT2D eigenvalue weighted by atomic mass is 16.2. The number of rotatable bonds is 4. The lowest BCUT2D eigenvalue weighted by molar-refractivity contribution is -0.131. The molecule has 0 bridgehead atoms. The molecule has 1 amide bonds. The van der Waals surface area contributed by atoms with E-state index in [0.29, 0.717) is 18.0 Å². The standard InChI is InChI=1S/C16H25N3O/c1-4-14-11-19(13(3)20)10-7-16(14)18-12(2)15-5-8-17-9-6-15/h5-6,8-9,12,14,16,18H,4,7,10-11H2,1-3H3. The molecule has 4 heteroatoms. The summed E-state index contributed by atoms with van der Waals surface area (Å²) >= 11 is 0. The first kappa shape index (κ1) is 15.0. The highest BCUT2D eigenvalue weighted by Crippen LogP contribution is 2.23. The summed E-state index contributed by atoms with van der Waals surface area (Å²) in [5.41, 5.74) is 1.27. The molecule has 0 aliphatic carbocycles. The number of nitrogens with zero attached hydrogens (tertiary/aromatic N) is 2. The number of amides is 1. The van der Waals surface area contributed by atoms with E-state index in [2.05, 4.69) is 36.3 Å². The lowest BCUT2D eigenvalue weighted by Gasteiger charge is -2.39. The molecule has 1 saturated heterocycles. The second-order valence-electron chi connectivity index (χ2n) is 5.70. The third-order valence-electron chi connectivity index (χ3n) is 4.37. The van der Waals surface area contributed by atoms with Crippen LogP contribution in [0.25, 0.3) is 0 Å². The Labute approximate surface area is 121 Å². The van der Waals surface area contributed by atoms with E-state index in [1.165, 1.54) is 5.56 Å². The summed E-state index contributed by atoms with van der Waals surface area (Å²) in [6.07, 6.45) is 5.81. The molecule has 1 N–H and O–H groups in total. The lowest BCUT2D eigenvalue weighted by Crippen LogP contribution is -2.50. The Kier molecular flexibility index (Phi) is 5.12. The molecule has 3 atom stereocenters. The molecule has 0 radical (unpaired) electrons. The summed E-state index contributed by atoms with van der Waals surface area (Å²) in [6.45, 7) is 7.82. The van der Waals surface area contributed by atoms with Crippen LogP contribution >= 0.6 is 0 Å². The zero-order valence-electron chi connectivity index (χ0n) is 12.7. The first-order valence-corrected chi connectivity index (χ1v) is 7.53. The third-order valence-corrected chi connectivity index (χ3v) is 4.37. The fourth-order valence-corrected chi connectivity index (χ4v) is 3.02. The van der Waals surface area contributed by atoms with Crippen LogP contribution in [-0.2, 0) is 4.79 Å². The number of pyridine rings is 1. The number of likely N-dealkylation sites (tertiary alicyclic amines) is 1. The molecule has 1 aliphatic rings. The molecule has 0 aromatic carbocycles. The fraction of sp³-hybridized carbons (Fsp3) is 0.625. The zero-order chi connectivity index (χ0) is 14.5. The Bertz CT molecular complexity index is 435. The average molecular weight is 275 g/mol. The summed E-state index contributed by atoms with van der Waals surface area (Å²) in [5, 5.41) is 3.73. The molecule has 2 rings (SSSR count). The van der Waals surface area contributed by atoms with Gasteiger partial charge in [0.15, 0.2) is 0 Å². The SMILES string of the molecule is CCC1CN(C(C)=O)CCC1NC(C)c1ccncc1. The quantitative estimate of drug-likeness (QED) is 0.917. The van der Waals surface area contributed by atoms with Crippen molar-refractivity contribution in [2.45, 2.75) is 45.7 Å². The summed E-state index contributed by atoms with van der Waals surface area (Å²) in [6, 6.07) is 4.92. The van der Waals surface area contributed by atoms with E-state index >= 15 is 0 Å². The molecule has 20 heavy (non-hydrogen) atoms. The van der Waals surface area contributed by atoms with Crippen molar-refractivity contribution in [3.63, 3.8) is 0 Å². The van der Waals surface area contributed by atoms with Crippen LogP contribution in [0.5, 0.6) is 0 Å². The van der Waals surface area contributed by atoms with Gasteiger partial charge >= 0.3 is 0 Å². The Balaban J connectivity index is 1.97. The predicted octanol–water partition coefficient (Wildman–Crippen LogP) is 2.38. The second-order valence-corrected chi connectivity index (χ2v) is 5.70. The third kappa shape index (κ3) is 3.57. The number of piperidine rings is 1. The van der Waals surface area contributed by atoms with Crippen LogP contribution in [0.2, 0.25) is 0 Å². The minimum atomic E-state index is 0.198. The van der Waals surface area contributed by atoms with Gasteiger partial charge < -0.3 is 10.2 Å². The Morgan fingerprint density at radius 1 is 1.50 bits per heavy atom. The number of nitrogens with one attached hydrogen (secondary N) is 1. The molecule has 2 heterocycles. The normalized spacial score (nSPS) is 24.4. The molecular formula is C16H25N3O. The Morgan fingerprint density at radius 2 is 2.20 bits per heavy atom. The van der Waals surface area contributed by atoms with Gasteiger partial charge in [-0.1, -0.05) is 13.3 Å². The second kappa shape index (κ2) is 6.84. The number of aromatic nitrogens is 1. The van der Waals surface area contributed by atoms with Crippen molar-refractivity contribution < 1.29 is 4.79 Å². The van der Waals surface area contributed by atoms with Crippen molar-refractivity contribution >= 4 is 5.91 Å². The molecule has 110 valence electrons. The van der Waals surface area contributed by atoms with Crippen LogP contribution < -0.4 is 5.32 Å². The van der Waals surface area contributed by atoms with E-state index in [0.717, 1.165) is 25.9 Å². The van der Waals surface area contributed by atoms with E-state index in [4.69, 9.17) is 0 Å². The van der Waals surface area contributed by atoms with Gasteiger partial charge in [0.2, 0.25) is 5.91 Å². The van der Waals surface area contributed by atoms with Crippen molar-refractivity contribution in [3.05, 3.63) is 30.1 Å². The van der Waals surface area contributed by atoms with Crippen LogP contribution in [0.15, 0.2) is 24.5 Å². The molecule has 0 spiro atoms. The maximum absolute atomic E-state index is 11.5. The number of hydrogen-bond acceptors (Lipinski definition) is 3. The lowest BCUT2D eigenvalue weighted by atomic mass is 9.89. The molecule has 1 fully saturated rings. The average Bonchev–Trinajstić information content (AvgIpc) is 2.48. The van der Waals surface area contributed by atoms with Gasteiger partial charge in [-0.05, 0) is 37.0 Å². The van der Waals surface area contributed by atoms with Gasteiger partial charge in [0.05, 0.1) is 0 Å². The van der Waals surface area contributed by atoms with Crippen LogP contribution in [0.4, 0.5) is 0 Å². The van der Waals surface area contributed by atoms with Crippen molar-refractivity contribution in [3.8, 4) is 0 Å². The monoisotopic (exact) mass is 275 g/mol. The summed E-state index contributed by atoms with van der Waals surface area (Å²) in [5.74, 6) is 0.737. The van der Waals surface area contributed by atoms with E-state index < -0.39 is 0 Å². The molecular weight excluding hydrogens is 250 g/mol. The maximum atomic E-state index is 11.5. The molecule has 1 aromatic heterocycles. The number of carbonyl (C=O) groups excluding carboxylic acids is 1. The molecule has 0 saturated carbocycles. The molecule has 3 unspecified atom stereocenters. The minimum Gasteiger partial charge on any atom is -0.343 e. The van der Waals surface area contributed by atoms with Gasteiger partial charge in [-0.15, -0.1) is 0 Å². The summed E-state index contributed by atoms with van der Waals surface area (Å²) in [4.78, 5) is 17.5. The topological polar surface area (TPSA) is 45.2 Å². The predicted molar refractivity (Wildman–Crippen MR) is 80.2 cm³/mol. The van der Waals surface area contributed by atoms with E-state index in [-0.39, 0.29) is 5.91 Å². The smallest absolute Gasteiger partial charge is 0.219 e. The zero-order valence-corrected chi connectivity index (χ0v) is 12.7. The number of carbonyl (C=O) groups is 1. The van der Waals surface area contributed by atoms with Crippen molar-refractivity contribution in [1.29, 1.82) is 0 Å². The van der Waals surface area contributed by atoms with Crippen molar-refractivity contribution in [2.75, 3.05) is 13.1 Å². The number of hydrogen-bond donors (Lipinski definition) is 1. The molecule has 4 nitrogen and oxygen atoms in total. The summed E-state index contributed by atoms with van der Waals surface area (Å²) < 4.78 is 0. The van der Waals surface area contributed by atoms with Gasteiger partial charge in [0.25, 0.3) is 0 Å². The fourth-order valence-electron chi connectivity index (χ4n) is 3.02. The van der Waals surface area contributed by atoms with E-state index in [9.17, 15) is 4.79 Å². The van der Waals surface area contributed by atoms with Gasteiger partial charge in [0, 0.05) is 44.5 Å². The van der Waals surface area contributed by atoms with Crippen LogP contribution in [0, 0.1) is 5.92 Å². The minimum absolute atomic E-state index is 0.198. The Morgan fingerprint density at radius 3 is 2.80 bits per heavy atom. The molecule has 1 aliphatic heterocycles. The van der Waals surface area contributed by atoms with E-state index in [1.54, 1.807) is 6.92 Å². The first-order valence-electron chi connectivity index (χ1n) is 7.53. The first-order chi connectivity index (χ1) is 9.61. The van der Waals surface area contributed by atoms with Crippen LogP contribution in [0.1, 0.15) is 45.2 Å².